The van der Waals surface area contributed by atoms with E-state index in [-0.39, 0.29) is 23.5 Å². The number of nitrogens with zero attached hydrogens (tertiary/aromatic N) is 1. The molecule has 9 heteroatoms. The van der Waals surface area contributed by atoms with Crippen LogP contribution in [-0.2, 0) is 16.0 Å². The Bertz CT molecular complexity index is 595. The van der Waals surface area contributed by atoms with E-state index >= 15 is 0 Å². The van der Waals surface area contributed by atoms with Gasteiger partial charge in [-0.05, 0) is 33.3 Å². The molecule has 1 heterocycles. The van der Waals surface area contributed by atoms with Crippen LogP contribution < -0.4 is 10.6 Å². The third kappa shape index (κ3) is 5.76. The average Bonchev–Trinajstić information content (AvgIpc) is 2.37. The molecule has 1 aromatic heterocycles. The molecule has 0 radical (unpaired) electrons. The van der Waals surface area contributed by atoms with Crippen molar-refractivity contribution in [2.75, 3.05) is 10.6 Å². The molecular formula is C14H18F3N3O3. The highest BCUT2D eigenvalue weighted by atomic mass is 19.4. The summed E-state index contributed by atoms with van der Waals surface area (Å²) in [6, 6.07) is 1.27. The number of halogens is 3. The molecule has 2 N–H and O–H groups in total. The molecule has 0 aliphatic heterocycles. The van der Waals surface area contributed by atoms with E-state index in [2.05, 4.69) is 10.3 Å². The van der Waals surface area contributed by atoms with Gasteiger partial charge in [-0.1, -0.05) is 6.92 Å². The molecular weight excluding hydrogens is 315 g/mol. The molecule has 0 unspecified atom stereocenters. The number of aryl methyl sites for hydroxylation is 1. The van der Waals surface area contributed by atoms with E-state index in [1.165, 1.54) is 12.3 Å². The first-order valence-electron chi connectivity index (χ1n) is 6.80. The molecule has 23 heavy (non-hydrogen) atoms. The Kier molecular flexibility index (Phi) is 5.57. The summed E-state index contributed by atoms with van der Waals surface area (Å²) in [4.78, 5) is 26.8. The average molecular weight is 333 g/mol. The lowest BCUT2D eigenvalue weighted by atomic mass is 10.2. The van der Waals surface area contributed by atoms with Gasteiger partial charge in [0.05, 0.1) is 17.1 Å². The van der Waals surface area contributed by atoms with E-state index < -0.39 is 23.8 Å². The fourth-order valence-electron chi connectivity index (χ4n) is 1.61. The number of carbonyl (C=O) groups excluding carboxylic acids is 2. The first-order valence-corrected chi connectivity index (χ1v) is 6.80. The summed E-state index contributed by atoms with van der Waals surface area (Å²) < 4.78 is 42.4. The molecule has 0 spiro atoms. The van der Waals surface area contributed by atoms with E-state index in [1.54, 1.807) is 33.0 Å². The summed E-state index contributed by atoms with van der Waals surface area (Å²) in [6.07, 6.45) is -4.33. The number of alkyl halides is 3. The Morgan fingerprint density at radius 3 is 2.30 bits per heavy atom. The van der Waals surface area contributed by atoms with Crippen molar-refractivity contribution in [3.63, 3.8) is 0 Å². The predicted molar refractivity (Wildman–Crippen MR) is 78.2 cm³/mol. The van der Waals surface area contributed by atoms with Crippen LogP contribution in [0.4, 0.5) is 29.3 Å². The Balaban J connectivity index is 3.08. The zero-order valence-electron chi connectivity index (χ0n) is 13.2. The van der Waals surface area contributed by atoms with Crippen molar-refractivity contribution in [1.82, 2.24) is 4.98 Å². The minimum Gasteiger partial charge on any atom is -0.444 e. The van der Waals surface area contributed by atoms with Crippen LogP contribution in [-0.4, -0.2) is 28.8 Å². The Morgan fingerprint density at radius 1 is 1.22 bits per heavy atom. The third-order valence-electron chi connectivity index (χ3n) is 2.50. The molecule has 6 nitrogen and oxygen atoms in total. The fraction of sp³-hybridized carbons (Fsp3) is 0.500. The Labute approximate surface area is 131 Å². The predicted octanol–water partition coefficient (Wildman–Crippen LogP) is 3.49. The van der Waals surface area contributed by atoms with Crippen molar-refractivity contribution in [1.29, 1.82) is 0 Å². The van der Waals surface area contributed by atoms with Crippen LogP contribution in [0.15, 0.2) is 12.3 Å². The van der Waals surface area contributed by atoms with Crippen LogP contribution in [0.5, 0.6) is 0 Å². The highest BCUT2D eigenvalue weighted by Crippen LogP contribution is 2.28. The van der Waals surface area contributed by atoms with Crippen molar-refractivity contribution >= 4 is 23.4 Å². The van der Waals surface area contributed by atoms with Gasteiger partial charge in [-0.25, -0.2) is 4.79 Å². The van der Waals surface area contributed by atoms with Crippen LogP contribution >= 0.6 is 0 Å². The molecule has 0 fully saturated rings. The first kappa shape index (κ1) is 18.7. The SMILES string of the molecule is CCc1nccc(NC(=O)OC(C)(C)C)c1NC(=O)C(F)(F)F. The number of rotatable bonds is 3. The van der Waals surface area contributed by atoms with Gasteiger partial charge < -0.3 is 10.1 Å². The summed E-state index contributed by atoms with van der Waals surface area (Å²) in [5, 5.41) is 4.06. The zero-order chi connectivity index (χ0) is 17.8. The van der Waals surface area contributed by atoms with Crippen LogP contribution in [0.25, 0.3) is 0 Å². The van der Waals surface area contributed by atoms with E-state index in [0.717, 1.165) is 0 Å². The molecule has 0 aromatic carbocycles. The fourth-order valence-corrected chi connectivity index (χ4v) is 1.61. The molecule has 0 aliphatic rings. The van der Waals surface area contributed by atoms with Crippen molar-refractivity contribution in [3.05, 3.63) is 18.0 Å². The molecule has 0 aliphatic carbocycles. The molecule has 1 rings (SSSR count). The number of hydrogen-bond acceptors (Lipinski definition) is 4. The Hall–Kier alpha value is -2.32. The normalized spacial score (nSPS) is 11.8. The summed E-state index contributed by atoms with van der Waals surface area (Å²) in [6.45, 7) is 6.58. The number of amides is 2. The monoisotopic (exact) mass is 333 g/mol. The van der Waals surface area contributed by atoms with Crippen LogP contribution in [0.3, 0.4) is 0 Å². The van der Waals surface area contributed by atoms with Crippen LogP contribution in [0.1, 0.15) is 33.4 Å². The van der Waals surface area contributed by atoms with E-state index in [0.29, 0.717) is 0 Å². The largest absolute Gasteiger partial charge is 0.471 e. The molecule has 1 aromatic rings. The number of anilines is 2. The third-order valence-corrected chi connectivity index (χ3v) is 2.50. The van der Waals surface area contributed by atoms with Crippen LogP contribution in [0, 0.1) is 0 Å². The maximum absolute atomic E-state index is 12.4. The minimum absolute atomic E-state index is 0.0244. The second-order valence-electron chi connectivity index (χ2n) is 5.61. The van der Waals surface area contributed by atoms with Gasteiger partial charge in [0.15, 0.2) is 0 Å². The number of nitrogens with one attached hydrogen (secondary N) is 2. The van der Waals surface area contributed by atoms with Gasteiger partial charge in [-0.3, -0.25) is 15.1 Å². The lowest BCUT2D eigenvalue weighted by Crippen LogP contribution is -2.31. The topological polar surface area (TPSA) is 80.3 Å². The quantitative estimate of drug-likeness (QED) is 0.887. The van der Waals surface area contributed by atoms with Gasteiger partial charge in [-0.15, -0.1) is 0 Å². The lowest BCUT2D eigenvalue weighted by molar-refractivity contribution is -0.167. The second kappa shape index (κ2) is 6.84. The number of ether oxygens (including phenoxy) is 1. The van der Waals surface area contributed by atoms with Crippen LogP contribution in [0.2, 0.25) is 0 Å². The highest BCUT2D eigenvalue weighted by molar-refractivity contribution is 6.00. The van der Waals surface area contributed by atoms with Crippen molar-refractivity contribution in [2.24, 2.45) is 0 Å². The van der Waals surface area contributed by atoms with Crippen molar-refractivity contribution < 1.29 is 27.5 Å². The maximum Gasteiger partial charge on any atom is 0.471 e. The van der Waals surface area contributed by atoms with Gasteiger partial charge in [0.25, 0.3) is 0 Å². The lowest BCUT2D eigenvalue weighted by Gasteiger charge is -2.21. The first-order chi connectivity index (χ1) is 10.4. The van der Waals surface area contributed by atoms with Gasteiger partial charge in [0, 0.05) is 6.20 Å². The van der Waals surface area contributed by atoms with Gasteiger partial charge in [-0.2, -0.15) is 13.2 Å². The number of hydrogen-bond donors (Lipinski definition) is 2. The summed E-state index contributed by atoms with van der Waals surface area (Å²) >= 11 is 0. The molecule has 0 saturated carbocycles. The Morgan fingerprint density at radius 2 is 1.83 bits per heavy atom. The highest BCUT2D eigenvalue weighted by Gasteiger charge is 2.39. The molecule has 128 valence electrons. The van der Waals surface area contributed by atoms with E-state index in [9.17, 15) is 22.8 Å². The number of pyridine rings is 1. The van der Waals surface area contributed by atoms with Gasteiger partial charge in [0.1, 0.15) is 5.60 Å². The number of aromatic nitrogens is 1. The molecule has 0 saturated heterocycles. The summed E-state index contributed by atoms with van der Waals surface area (Å²) in [7, 11) is 0. The summed E-state index contributed by atoms with van der Waals surface area (Å²) in [5.74, 6) is -2.15. The van der Waals surface area contributed by atoms with Gasteiger partial charge >= 0.3 is 18.2 Å². The second-order valence-corrected chi connectivity index (χ2v) is 5.61. The zero-order valence-corrected chi connectivity index (χ0v) is 13.2. The minimum atomic E-state index is -5.05. The molecule has 2 amide bonds. The van der Waals surface area contributed by atoms with E-state index in [1.807, 2.05) is 0 Å². The van der Waals surface area contributed by atoms with E-state index in [4.69, 9.17) is 4.74 Å². The number of carbonyl (C=O) groups is 2. The summed E-state index contributed by atoms with van der Waals surface area (Å²) in [5.41, 5.74) is -0.803. The maximum atomic E-state index is 12.4. The van der Waals surface area contributed by atoms with Crippen molar-refractivity contribution in [3.8, 4) is 0 Å². The molecule has 0 bridgehead atoms. The smallest absolute Gasteiger partial charge is 0.444 e. The van der Waals surface area contributed by atoms with Crippen molar-refractivity contribution in [2.45, 2.75) is 45.9 Å². The standard InChI is InChI=1S/C14H18F3N3O3/c1-5-8-10(20-11(21)14(15,16)17)9(6-7-18-8)19-12(22)23-13(2,3)4/h6-7H,5H2,1-4H3,(H,20,21)(H,18,19,22). The molecule has 0 atom stereocenters. The van der Waals surface area contributed by atoms with Gasteiger partial charge in [0.2, 0.25) is 0 Å².